The Morgan fingerprint density at radius 3 is 2.59 bits per heavy atom. The summed E-state index contributed by atoms with van der Waals surface area (Å²) in [6.07, 6.45) is -2.54. The number of H-pyrrole nitrogens is 1. The molecule has 0 saturated carbocycles. The highest BCUT2D eigenvalue weighted by Crippen LogP contribution is 2.36. The van der Waals surface area contributed by atoms with E-state index in [9.17, 15) is 18.4 Å². The van der Waals surface area contributed by atoms with Crippen LogP contribution in [-0.4, -0.2) is 26.5 Å². The maximum Gasteiger partial charge on any atom is 0.417 e. The molecule has 0 fully saturated rings. The number of nitrogens with zero attached hydrogens (tertiary/aromatic N) is 4. The smallest absolute Gasteiger partial charge is 0.417 e. The second-order valence-corrected chi connectivity index (χ2v) is 5.98. The Bertz CT molecular complexity index is 1000. The van der Waals surface area contributed by atoms with Crippen LogP contribution in [0.4, 0.5) is 13.2 Å². The standard InChI is InChI=1S/C18H14F3N5O/c1-10(2)27-16-4-3-11(6-14(16)17-15(7-22)24-26-25-17)12-5-13(9-23-8-12)18(19,20)21/h3-6,8-10H,1-2H3,(H,24,25,26). The molecule has 1 N–H and O–H groups in total. The molecule has 3 rings (SSSR count). The molecule has 2 heterocycles. The summed E-state index contributed by atoms with van der Waals surface area (Å²) >= 11 is 0. The number of hydrogen-bond acceptors (Lipinski definition) is 5. The molecule has 0 radical (unpaired) electrons. The summed E-state index contributed by atoms with van der Waals surface area (Å²) in [5.74, 6) is 0.444. The molecule has 1 aromatic carbocycles. The highest BCUT2D eigenvalue weighted by atomic mass is 19.4. The van der Waals surface area contributed by atoms with Crippen LogP contribution in [-0.2, 0) is 6.18 Å². The van der Waals surface area contributed by atoms with E-state index >= 15 is 0 Å². The average Bonchev–Trinajstić information content (AvgIpc) is 3.09. The molecule has 0 amide bonds. The molecule has 0 aliphatic heterocycles. The quantitative estimate of drug-likeness (QED) is 0.740. The molecule has 0 saturated heterocycles. The number of pyridine rings is 1. The topological polar surface area (TPSA) is 87.5 Å². The first kappa shape index (κ1) is 18.4. The SMILES string of the molecule is CC(C)Oc1ccc(-c2cncc(C(F)(F)F)c2)cc1-c1nn[nH]c1C#N. The van der Waals surface area contributed by atoms with Gasteiger partial charge in [0, 0.05) is 23.5 Å². The minimum Gasteiger partial charge on any atom is -0.490 e. The monoisotopic (exact) mass is 373 g/mol. The molecule has 0 aliphatic rings. The molecule has 0 unspecified atom stereocenters. The second kappa shape index (κ2) is 7.07. The number of ether oxygens (including phenoxy) is 1. The number of benzene rings is 1. The molecule has 0 spiro atoms. The summed E-state index contributed by atoms with van der Waals surface area (Å²) in [5.41, 5.74) is 0.751. The molecule has 3 aromatic rings. The van der Waals surface area contributed by atoms with Gasteiger partial charge in [-0.15, -0.1) is 5.10 Å². The second-order valence-electron chi connectivity index (χ2n) is 5.98. The van der Waals surface area contributed by atoms with Gasteiger partial charge in [0.25, 0.3) is 0 Å². The van der Waals surface area contributed by atoms with E-state index in [0.29, 0.717) is 16.9 Å². The molecule has 6 nitrogen and oxygen atoms in total. The Hall–Kier alpha value is -3.41. The van der Waals surface area contributed by atoms with Crippen molar-refractivity contribution in [3.63, 3.8) is 0 Å². The summed E-state index contributed by atoms with van der Waals surface area (Å²) in [6.45, 7) is 3.67. The summed E-state index contributed by atoms with van der Waals surface area (Å²) in [7, 11) is 0. The number of halogens is 3. The Labute approximate surface area is 152 Å². The van der Waals surface area contributed by atoms with Gasteiger partial charge in [-0.2, -0.15) is 18.4 Å². The van der Waals surface area contributed by atoms with Crippen molar-refractivity contribution in [1.29, 1.82) is 5.26 Å². The zero-order valence-corrected chi connectivity index (χ0v) is 14.4. The van der Waals surface area contributed by atoms with E-state index in [4.69, 9.17) is 4.74 Å². The van der Waals surface area contributed by atoms with Crippen molar-refractivity contribution in [1.82, 2.24) is 20.4 Å². The van der Waals surface area contributed by atoms with Crippen molar-refractivity contribution < 1.29 is 17.9 Å². The Kier molecular flexibility index (Phi) is 4.81. The number of hydrogen-bond donors (Lipinski definition) is 1. The fourth-order valence-electron chi connectivity index (χ4n) is 2.50. The van der Waals surface area contributed by atoms with Crippen LogP contribution in [0.25, 0.3) is 22.4 Å². The van der Waals surface area contributed by atoms with Crippen molar-refractivity contribution in [3.8, 4) is 34.2 Å². The van der Waals surface area contributed by atoms with Crippen LogP contribution in [0, 0.1) is 11.3 Å². The molecule has 9 heteroatoms. The summed E-state index contributed by atoms with van der Waals surface area (Å²) in [5, 5.41) is 19.2. The fraction of sp³-hybridized carbons (Fsp3) is 0.222. The van der Waals surface area contributed by atoms with Crippen molar-refractivity contribution in [2.75, 3.05) is 0 Å². The van der Waals surface area contributed by atoms with Crippen LogP contribution >= 0.6 is 0 Å². The Morgan fingerprint density at radius 1 is 1.15 bits per heavy atom. The number of rotatable bonds is 4. The number of nitrogens with one attached hydrogen (secondary N) is 1. The van der Waals surface area contributed by atoms with Crippen molar-refractivity contribution in [3.05, 3.63) is 47.9 Å². The fourth-order valence-corrected chi connectivity index (χ4v) is 2.50. The molecular formula is C18H14F3N5O. The van der Waals surface area contributed by atoms with E-state index in [1.54, 1.807) is 18.2 Å². The van der Waals surface area contributed by atoms with Gasteiger partial charge >= 0.3 is 6.18 Å². The summed E-state index contributed by atoms with van der Waals surface area (Å²) in [4.78, 5) is 3.69. The third-order valence-corrected chi connectivity index (χ3v) is 3.66. The van der Waals surface area contributed by atoms with Crippen LogP contribution in [0.3, 0.4) is 0 Å². The highest BCUT2D eigenvalue weighted by Gasteiger charge is 2.31. The lowest BCUT2D eigenvalue weighted by atomic mass is 10.00. The van der Waals surface area contributed by atoms with Crippen LogP contribution < -0.4 is 4.74 Å². The molecule has 0 atom stereocenters. The number of aromatic amines is 1. The summed E-state index contributed by atoms with van der Waals surface area (Å²) < 4.78 is 44.7. The first-order valence-electron chi connectivity index (χ1n) is 7.94. The van der Waals surface area contributed by atoms with Crippen LogP contribution in [0.2, 0.25) is 0 Å². The zero-order chi connectivity index (χ0) is 19.6. The number of aromatic nitrogens is 4. The lowest BCUT2D eigenvalue weighted by Crippen LogP contribution is -2.07. The predicted molar refractivity (Wildman–Crippen MR) is 90.5 cm³/mol. The minimum absolute atomic E-state index is 0.128. The van der Waals surface area contributed by atoms with E-state index in [0.717, 1.165) is 12.3 Å². The molecule has 0 aliphatic carbocycles. The maximum atomic E-state index is 13.0. The molecule has 27 heavy (non-hydrogen) atoms. The van der Waals surface area contributed by atoms with E-state index in [2.05, 4.69) is 20.4 Å². The lowest BCUT2D eigenvalue weighted by molar-refractivity contribution is -0.137. The van der Waals surface area contributed by atoms with Crippen molar-refractivity contribution in [2.45, 2.75) is 26.1 Å². The van der Waals surface area contributed by atoms with Gasteiger partial charge in [0.15, 0.2) is 5.69 Å². The van der Waals surface area contributed by atoms with Crippen LogP contribution in [0.1, 0.15) is 25.1 Å². The summed E-state index contributed by atoms with van der Waals surface area (Å²) in [6, 6.07) is 7.82. The van der Waals surface area contributed by atoms with E-state index in [1.807, 2.05) is 19.9 Å². The highest BCUT2D eigenvalue weighted by molar-refractivity contribution is 5.77. The molecule has 0 bridgehead atoms. The van der Waals surface area contributed by atoms with E-state index in [-0.39, 0.29) is 23.1 Å². The van der Waals surface area contributed by atoms with Crippen molar-refractivity contribution in [2.24, 2.45) is 0 Å². The first-order valence-corrected chi connectivity index (χ1v) is 7.94. The molecular weight excluding hydrogens is 359 g/mol. The normalized spacial score (nSPS) is 11.4. The minimum atomic E-state index is -4.49. The Morgan fingerprint density at radius 2 is 1.93 bits per heavy atom. The first-order chi connectivity index (χ1) is 12.8. The van der Waals surface area contributed by atoms with E-state index < -0.39 is 11.7 Å². The third-order valence-electron chi connectivity index (χ3n) is 3.66. The van der Waals surface area contributed by atoms with Crippen molar-refractivity contribution >= 4 is 0 Å². The van der Waals surface area contributed by atoms with Gasteiger partial charge in [0.2, 0.25) is 0 Å². The lowest BCUT2D eigenvalue weighted by Gasteiger charge is -2.15. The molecule has 138 valence electrons. The van der Waals surface area contributed by atoms with Gasteiger partial charge in [0.1, 0.15) is 17.5 Å². The Balaban J connectivity index is 2.14. The average molecular weight is 373 g/mol. The van der Waals surface area contributed by atoms with Gasteiger partial charge in [-0.1, -0.05) is 11.3 Å². The van der Waals surface area contributed by atoms with Crippen LogP contribution in [0.15, 0.2) is 36.7 Å². The van der Waals surface area contributed by atoms with Gasteiger partial charge in [0.05, 0.1) is 11.7 Å². The van der Waals surface area contributed by atoms with Gasteiger partial charge in [-0.25, -0.2) is 5.10 Å². The zero-order valence-electron chi connectivity index (χ0n) is 14.4. The van der Waals surface area contributed by atoms with Gasteiger partial charge in [-0.3, -0.25) is 4.98 Å². The third kappa shape index (κ3) is 3.89. The predicted octanol–water partition coefficient (Wildman–Crippen LogP) is 4.21. The van der Waals surface area contributed by atoms with Gasteiger partial charge in [-0.05, 0) is 37.6 Å². The maximum absolute atomic E-state index is 13.0. The van der Waals surface area contributed by atoms with Gasteiger partial charge < -0.3 is 4.74 Å². The number of alkyl halides is 3. The van der Waals surface area contributed by atoms with E-state index in [1.165, 1.54) is 6.20 Å². The molecule has 2 aromatic heterocycles. The van der Waals surface area contributed by atoms with Crippen LogP contribution in [0.5, 0.6) is 5.75 Å². The number of nitriles is 1. The largest absolute Gasteiger partial charge is 0.490 e.